The van der Waals surface area contributed by atoms with E-state index in [-0.39, 0.29) is 5.97 Å². The van der Waals surface area contributed by atoms with Gasteiger partial charge in [0, 0.05) is 17.6 Å². The number of carbonyl (C=O) groups is 1. The van der Waals surface area contributed by atoms with Crippen LogP contribution in [0.4, 0.5) is 0 Å². The summed E-state index contributed by atoms with van der Waals surface area (Å²) in [4.78, 5) is 18.9. The molecule has 106 valence electrons. The molecular formula is C16H14N2O3. The van der Waals surface area contributed by atoms with Gasteiger partial charge < -0.3 is 14.5 Å². The monoisotopic (exact) mass is 282 g/mol. The van der Waals surface area contributed by atoms with Crippen molar-refractivity contribution in [1.82, 2.24) is 9.97 Å². The van der Waals surface area contributed by atoms with Crippen molar-refractivity contribution in [1.29, 1.82) is 0 Å². The zero-order chi connectivity index (χ0) is 14.7. The minimum absolute atomic E-state index is 0.388. The maximum atomic E-state index is 11.7. The standard InChI is InChI=1S/C16H14N2O3/c1-20-16(19)13-8-17-14-9-18-15(7-12(13)14)21-10-11-5-3-2-4-6-11/h2-9,17H,10H2,1H3. The molecule has 5 heteroatoms. The second-order valence-corrected chi connectivity index (χ2v) is 4.54. The average Bonchev–Trinajstić information content (AvgIpc) is 2.96. The number of H-pyrrole nitrogens is 1. The summed E-state index contributed by atoms with van der Waals surface area (Å²) in [5, 5.41) is 0.736. The number of carbonyl (C=O) groups excluding carboxylic acids is 1. The molecule has 0 aliphatic rings. The first-order valence-electron chi connectivity index (χ1n) is 6.50. The minimum Gasteiger partial charge on any atom is -0.473 e. The number of rotatable bonds is 4. The van der Waals surface area contributed by atoms with Gasteiger partial charge in [0.2, 0.25) is 5.88 Å². The van der Waals surface area contributed by atoms with Crippen LogP contribution in [0.5, 0.6) is 5.88 Å². The summed E-state index contributed by atoms with van der Waals surface area (Å²) in [5.74, 6) is 0.0811. The molecule has 0 atom stereocenters. The predicted octanol–water partition coefficient (Wildman–Crippen LogP) is 2.93. The summed E-state index contributed by atoms with van der Waals surface area (Å²) in [6.07, 6.45) is 3.25. The van der Waals surface area contributed by atoms with Crippen molar-refractivity contribution in [2.24, 2.45) is 0 Å². The molecule has 5 nitrogen and oxygen atoms in total. The van der Waals surface area contributed by atoms with Crippen LogP contribution >= 0.6 is 0 Å². The number of aromatic nitrogens is 2. The van der Waals surface area contributed by atoms with Gasteiger partial charge in [0.15, 0.2) is 0 Å². The van der Waals surface area contributed by atoms with Gasteiger partial charge in [-0.15, -0.1) is 0 Å². The number of nitrogens with one attached hydrogen (secondary N) is 1. The predicted molar refractivity (Wildman–Crippen MR) is 78.2 cm³/mol. The molecule has 1 N–H and O–H groups in total. The van der Waals surface area contributed by atoms with Crippen LogP contribution in [-0.4, -0.2) is 23.0 Å². The molecule has 1 aromatic carbocycles. The van der Waals surface area contributed by atoms with E-state index in [1.54, 1.807) is 18.5 Å². The van der Waals surface area contributed by atoms with Crippen molar-refractivity contribution in [2.75, 3.05) is 7.11 Å². The molecule has 21 heavy (non-hydrogen) atoms. The van der Waals surface area contributed by atoms with Crippen LogP contribution in [0.1, 0.15) is 15.9 Å². The lowest BCUT2D eigenvalue weighted by atomic mass is 10.2. The Morgan fingerprint density at radius 3 is 2.86 bits per heavy atom. The fourth-order valence-corrected chi connectivity index (χ4v) is 2.09. The summed E-state index contributed by atoms with van der Waals surface area (Å²) in [6, 6.07) is 11.6. The molecule has 0 aliphatic heterocycles. The molecular weight excluding hydrogens is 268 g/mol. The third-order valence-corrected chi connectivity index (χ3v) is 3.18. The van der Waals surface area contributed by atoms with Crippen LogP contribution in [0.25, 0.3) is 10.9 Å². The van der Waals surface area contributed by atoms with Crippen LogP contribution in [0.2, 0.25) is 0 Å². The van der Waals surface area contributed by atoms with E-state index in [1.165, 1.54) is 7.11 Å². The lowest BCUT2D eigenvalue weighted by Gasteiger charge is -2.05. The first kappa shape index (κ1) is 13.2. The highest BCUT2D eigenvalue weighted by Crippen LogP contribution is 2.22. The maximum absolute atomic E-state index is 11.7. The van der Waals surface area contributed by atoms with E-state index in [9.17, 15) is 4.79 Å². The Labute approximate surface area is 121 Å². The van der Waals surface area contributed by atoms with E-state index < -0.39 is 0 Å². The van der Waals surface area contributed by atoms with E-state index >= 15 is 0 Å². The smallest absolute Gasteiger partial charge is 0.340 e. The lowest BCUT2D eigenvalue weighted by molar-refractivity contribution is 0.0603. The van der Waals surface area contributed by atoms with Gasteiger partial charge in [-0.2, -0.15) is 0 Å². The van der Waals surface area contributed by atoms with Crippen LogP contribution < -0.4 is 4.74 Å². The fourth-order valence-electron chi connectivity index (χ4n) is 2.09. The number of aromatic amines is 1. The second-order valence-electron chi connectivity index (χ2n) is 4.54. The quantitative estimate of drug-likeness (QED) is 0.747. The topological polar surface area (TPSA) is 64.2 Å². The Bertz CT molecular complexity index is 766. The van der Waals surface area contributed by atoms with Gasteiger partial charge in [-0.05, 0) is 5.56 Å². The van der Waals surface area contributed by atoms with Gasteiger partial charge in [0.05, 0.1) is 24.4 Å². The Morgan fingerprint density at radius 2 is 2.10 bits per heavy atom. The van der Waals surface area contributed by atoms with E-state index in [4.69, 9.17) is 9.47 Å². The molecule has 0 unspecified atom stereocenters. The highest BCUT2D eigenvalue weighted by atomic mass is 16.5. The number of ether oxygens (including phenoxy) is 2. The normalized spacial score (nSPS) is 10.5. The number of benzene rings is 1. The molecule has 3 rings (SSSR count). The molecule has 0 amide bonds. The van der Waals surface area contributed by atoms with Gasteiger partial charge in [-0.25, -0.2) is 9.78 Å². The Kier molecular flexibility index (Phi) is 3.55. The molecule has 2 heterocycles. The molecule has 2 aromatic heterocycles. The number of hydrogen-bond donors (Lipinski definition) is 1. The van der Waals surface area contributed by atoms with Crippen molar-refractivity contribution in [3.63, 3.8) is 0 Å². The molecule has 0 radical (unpaired) electrons. The van der Waals surface area contributed by atoms with Crippen molar-refractivity contribution in [2.45, 2.75) is 6.61 Å². The first-order chi connectivity index (χ1) is 10.3. The molecule has 3 aromatic rings. The molecule has 0 fully saturated rings. The SMILES string of the molecule is COC(=O)c1c[nH]c2cnc(OCc3ccccc3)cc12. The molecule has 0 spiro atoms. The van der Waals surface area contributed by atoms with Gasteiger partial charge in [-0.1, -0.05) is 30.3 Å². The number of methoxy groups -OCH3 is 1. The second kappa shape index (κ2) is 5.66. The van der Waals surface area contributed by atoms with Crippen LogP contribution in [0.15, 0.2) is 48.8 Å². The molecule has 0 bridgehead atoms. The average molecular weight is 282 g/mol. The maximum Gasteiger partial charge on any atom is 0.340 e. The molecule has 0 saturated heterocycles. The van der Waals surface area contributed by atoms with E-state index in [2.05, 4.69) is 9.97 Å². The Balaban J connectivity index is 1.84. The summed E-state index contributed by atoms with van der Waals surface area (Å²) < 4.78 is 10.4. The van der Waals surface area contributed by atoms with Gasteiger partial charge in [0.25, 0.3) is 0 Å². The van der Waals surface area contributed by atoms with Gasteiger partial charge in [-0.3, -0.25) is 0 Å². The Morgan fingerprint density at radius 1 is 1.29 bits per heavy atom. The van der Waals surface area contributed by atoms with Crippen molar-refractivity contribution in [3.05, 3.63) is 59.9 Å². The summed E-state index contributed by atoms with van der Waals surface area (Å²) in [6.45, 7) is 0.428. The van der Waals surface area contributed by atoms with Crippen LogP contribution in [0.3, 0.4) is 0 Å². The number of esters is 1. The number of hydrogen-bond acceptors (Lipinski definition) is 4. The van der Waals surface area contributed by atoms with Crippen molar-refractivity contribution >= 4 is 16.9 Å². The summed E-state index contributed by atoms with van der Waals surface area (Å²) in [7, 11) is 1.36. The van der Waals surface area contributed by atoms with Gasteiger partial charge in [0.1, 0.15) is 6.61 Å². The lowest BCUT2D eigenvalue weighted by Crippen LogP contribution is -2.00. The van der Waals surface area contributed by atoms with Crippen LogP contribution in [-0.2, 0) is 11.3 Å². The summed E-state index contributed by atoms with van der Waals surface area (Å²) in [5.41, 5.74) is 2.29. The summed E-state index contributed by atoms with van der Waals surface area (Å²) >= 11 is 0. The van der Waals surface area contributed by atoms with E-state index in [0.29, 0.717) is 18.1 Å². The van der Waals surface area contributed by atoms with E-state index in [1.807, 2.05) is 30.3 Å². The van der Waals surface area contributed by atoms with Crippen molar-refractivity contribution in [3.8, 4) is 5.88 Å². The number of fused-ring (bicyclic) bond motifs is 1. The highest BCUT2D eigenvalue weighted by molar-refractivity contribution is 6.04. The zero-order valence-corrected chi connectivity index (χ0v) is 11.5. The van der Waals surface area contributed by atoms with Crippen molar-refractivity contribution < 1.29 is 14.3 Å². The third kappa shape index (κ3) is 2.72. The van der Waals surface area contributed by atoms with Crippen LogP contribution in [0, 0.1) is 0 Å². The fraction of sp³-hybridized carbons (Fsp3) is 0.125. The van der Waals surface area contributed by atoms with Gasteiger partial charge >= 0.3 is 5.97 Å². The zero-order valence-electron chi connectivity index (χ0n) is 11.5. The molecule has 0 saturated carbocycles. The molecule has 0 aliphatic carbocycles. The first-order valence-corrected chi connectivity index (χ1v) is 6.50. The van der Waals surface area contributed by atoms with E-state index in [0.717, 1.165) is 16.5 Å². The minimum atomic E-state index is -0.388. The largest absolute Gasteiger partial charge is 0.473 e. The highest BCUT2D eigenvalue weighted by Gasteiger charge is 2.13. The Hall–Kier alpha value is -2.82. The third-order valence-electron chi connectivity index (χ3n) is 3.18. The number of nitrogens with zero attached hydrogens (tertiary/aromatic N) is 1. The number of pyridine rings is 1.